The number of benzene rings is 1. The monoisotopic (exact) mass is 322 g/mol. The van der Waals surface area contributed by atoms with Crippen molar-refractivity contribution in [2.75, 3.05) is 0 Å². The van der Waals surface area contributed by atoms with E-state index in [0.717, 1.165) is 11.3 Å². The fourth-order valence-electron chi connectivity index (χ4n) is 2.39. The number of carbonyl (C=O) groups is 1. The van der Waals surface area contributed by atoms with Crippen molar-refractivity contribution in [3.8, 4) is 0 Å². The summed E-state index contributed by atoms with van der Waals surface area (Å²) in [5, 5.41) is 17.6. The molecule has 122 valence electrons. The van der Waals surface area contributed by atoms with E-state index in [4.69, 9.17) is 5.11 Å². The summed E-state index contributed by atoms with van der Waals surface area (Å²) >= 11 is 0. The Kier molecular flexibility index (Phi) is 3.89. The lowest BCUT2D eigenvalue weighted by molar-refractivity contribution is 0.0697. The van der Waals surface area contributed by atoms with Gasteiger partial charge < -0.3 is 5.11 Å². The number of imidazole rings is 1. The van der Waals surface area contributed by atoms with Gasteiger partial charge in [-0.1, -0.05) is 32.9 Å². The molecule has 0 aliphatic heterocycles. The Balaban J connectivity index is 2.09. The van der Waals surface area contributed by atoms with E-state index in [1.54, 1.807) is 12.1 Å². The van der Waals surface area contributed by atoms with Gasteiger partial charge in [0.15, 0.2) is 5.82 Å². The second-order valence-corrected chi connectivity index (χ2v) is 6.52. The summed E-state index contributed by atoms with van der Waals surface area (Å²) in [5.74, 6) is -0.337. The molecule has 1 aromatic carbocycles. The topological polar surface area (TPSA) is 79.3 Å². The van der Waals surface area contributed by atoms with Crippen molar-refractivity contribution in [1.82, 2.24) is 9.38 Å². The van der Waals surface area contributed by atoms with Crippen LogP contribution in [0.4, 0.5) is 11.5 Å². The van der Waals surface area contributed by atoms with Gasteiger partial charge in [-0.15, -0.1) is 10.2 Å². The Hall–Kier alpha value is -3.02. The van der Waals surface area contributed by atoms with Crippen LogP contribution in [-0.4, -0.2) is 20.5 Å². The molecule has 0 saturated heterocycles. The Morgan fingerprint density at radius 1 is 1.12 bits per heavy atom. The molecule has 6 heteroatoms. The molecule has 24 heavy (non-hydrogen) atoms. The van der Waals surface area contributed by atoms with E-state index in [2.05, 4.69) is 36.0 Å². The third kappa shape index (κ3) is 3.03. The molecule has 0 saturated carbocycles. The second kappa shape index (κ2) is 5.88. The van der Waals surface area contributed by atoms with Crippen molar-refractivity contribution >= 4 is 23.1 Å². The number of aromatic carboxylic acids is 1. The van der Waals surface area contributed by atoms with Crippen molar-refractivity contribution in [3.05, 3.63) is 59.9 Å². The van der Waals surface area contributed by atoms with Gasteiger partial charge in [-0.25, -0.2) is 9.78 Å². The summed E-state index contributed by atoms with van der Waals surface area (Å²) in [6.07, 6.45) is 1.89. The minimum atomic E-state index is -0.989. The molecule has 0 fully saturated rings. The van der Waals surface area contributed by atoms with Crippen molar-refractivity contribution < 1.29 is 9.90 Å². The van der Waals surface area contributed by atoms with Gasteiger partial charge in [0.2, 0.25) is 0 Å². The van der Waals surface area contributed by atoms with Gasteiger partial charge in [0, 0.05) is 11.6 Å². The van der Waals surface area contributed by atoms with E-state index in [-0.39, 0.29) is 11.0 Å². The largest absolute Gasteiger partial charge is 0.478 e. The number of nitrogens with zero attached hydrogens (tertiary/aromatic N) is 4. The lowest BCUT2D eigenvalue weighted by Crippen LogP contribution is -2.11. The highest BCUT2D eigenvalue weighted by Crippen LogP contribution is 2.33. The van der Waals surface area contributed by atoms with Crippen LogP contribution in [0.2, 0.25) is 0 Å². The molecular formula is C18H18N4O2. The molecule has 0 spiro atoms. The van der Waals surface area contributed by atoms with Crippen LogP contribution in [0.15, 0.2) is 58.9 Å². The zero-order valence-electron chi connectivity index (χ0n) is 13.8. The minimum Gasteiger partial charge on any atom is -0.478 e. The first-order valence-corrected chi connectivity index (χ1v) is 7.59. The van der Waals surface area contributed by atoms with Gasteiger partial charge in [-0.3, -0.25) is 4.40 Å². The maximum atomic E-state index is 11.1. The Labute approximate surface area is 139 Å². The second-order valence-electron chi connectivity index (χ2n) is 6.52. The van der Waals surface area contributed by atoms with Gasteiger partial charge in [0.1, 0.15) is 5.65 Å². The summed E-state index contributed by atoms with van der Waals surface area (Å²) in [6, 6.07) is 12.1. The van der Waals surface area contributed by atoms with Crippen LogP contribution < -0.4 is 0 Å². The maximum Gasteiger partial charge on any atom is 0.335 e. The molecule has 0 aliphatic rings. The standard InChI is InChI=1S/C18H18N4O2/c1-18(2,3)15-16(22-10-5-4-9-14(22)19-15)21-20-13-8-6-7-12(11-13)17(23)24/h4-11H,1-3H3,(H,23,24). The van der Waals surface area contributed by atoms with Crippen LogP contribution in [0.3, 0.4) is 0 Å². The van der Waals surface area contributed by atoms with Crippen molar-refractivity contribution in [3.63, 3.8) is 0 Å². The number of carboxylic acids is 1. The number of aromatic nitrogens is 2. The summed E-state index contributed by atoms with van der Waals surface area (Å²) in [5.41, 5.74) is 2.12. The average molecular weight is 322 g/mol. The van der Waals surface area contributed by atoms with Crippen molar-refractivity contribution in [1.29, 1.82) is 0 Å². The van der Waals surface area contributed by atoms with E-state index in [0.29, 0.717) is 11.5 Å². The molecule has 0 amide bonds. The van der Waals surface area contributed by atoms with E-state index in [1.807, 2.05) is 28.8 Å². The van der Waals surface area contributed by atoms with Crippen LogP contribution in [0, 0.1) is 0 Å². The average Bonchev–Trinajstić information content (AvgIpc) is 2.92. The van der Waals surface area contributed by atoms with Gasteiger partial charge in [-0.2, -0.15) is 0 Å². The summed E-state index contributed by atoms with van der Waals surface area (Å²) in [4.78, 5) is 15.7. The molecular weight excluding hydrogens is 304 g/mol. The summed E-state index contributed by atoms with van der Waals surface area (Å²) in [6.45, 7) is 6.20. The number of carboxylic acid groups (broad SMARTS) is 1. The predicted molar refractivity (Wildman–Crippen MR) is 91.5 cm³/mol. The maximum absolute atomic E-state index is 11.1. The Morgan fingerprint density at radius 2 is 1.92 bits per heavy atom. The Morgan fingerprint density at radius 3 is 2.62 bits per heavy atom. The summed E-state index contributed by atoms with van der Waals surface area (Å²) in [7, 11) is 0. The molecule has 0 bridgehead atoms. The normalized spacial score (nSPS) is 12.1. The molecule has 2 aromatic heterocycles. The SMILES string of the molecule is CC(C)(C)c1nc2ccccn2c1N=Nc1cccc(C(=O)O)c1. The van der Waals surface area contributed by atoms with Gasteiger partial charge in [0.05, 0.1) is 16.9 Å². The predicted octanol–water partition coefficient (Wildman–Crippen LogP) is 4.75. The highest BCUT2D eigenvalue weighted by Gasteiger charge is 2.24. The third-order valence-electron chi connectivity index (χ3n) is 3.57. The fraction of sp³-hybridized carbons (Fsp3) is 0.222. The minimum absolute atomic E-state index is 0.181. The number of pyridine rings is 1. The van der Waals surface area contributed by atoms with E-state index < -0.39 is 5.97 Å². The van der Waals surface area contributed by atoms with Crippen molar-refractivity contribution in [2.24, 2.45) is 10.2 Å². The molecule has 0 atom stereocenters. The van der Waals surface area contributed by atoms with E-state index in [9.17, 15) is 4.79 Å². The van der Waals surface area contributed by atoms with Crippen LogP contribution in [0.5, 0.6) is 0 Å². The molecule has 6 nitrogen and oxygen atoms in total. The molecule has 3 aromatic rings. The smallest absolute Gasteiger partial charge is 0.335 e. The number of azo groups is 1. The quantitative estimate of drug-likeness (QED) is 0.707. The van der Waals surface area contributed by atoms with E-state index in [1.165, 1.54) is 12.1 Å². The van der Waals surface area contributed by atoms with Gasteiger partial charge in [0.25, 0.3) is 0 Å². The number of hydrogen-bond acceptors (Lipinski definition) is 4. The zero-order valence-corrected chi connectivity index (χ0v) is 13.8. The van der Waals surface area contributed by atoms with E-state index >= 15 is 0 Å². The van der Waals surface area contributed by atoms with Gasteiger partial charge >= 0.3 is 5.97 Å². The molecule has 3 rings (SSSR count). The van der Waals surface area contributed by atoms with Crippen LogP contribution in [0.25, 0.3) is 5.65 Å². The molecule has 0 unspecified atom stereocenters. The fourth-order valence-corrected chi connectivity index (χ4v) is 2.39. The lowest BCUT2D eigenvalue weighted by Gasteiger charge is -2.15. The lowest BCUT2D eigenvalue weighted by atomic mass is 9.92. The molecule has 2 heterocycles. The first-order valence-electron chi connectivity index (χ1n) is 7.59. The Bertz CT molecular complexity index is 936. The zero-order chi connectivity index (χ0) is 17.3. The first-order chi connectivity index (χ1) is 11.4. The van der Waals surface area contributed by atoms with Crippen LogP contribution >= 0.6 is 0 Å². The van der Waals surface area contributed by atoms with Crippen LogP contribution in [-0.2, 0) is 5.41 Å². The molecule has 0 aliphatic carbocycles. The first kappa shape index (κ1) is 15.9. The van der Waals surface area contributed by atoms with Crippen molar-refractivity contribution in [2.45, 2.75) is 26.2 Å². The molecule has 1 N–H and O–H groups in total. The van der Waals surface area contributed by atoms with Crippen LogP contribution in [0.1, 0.15) is 36.8 Å². The highest BCUT2D eigenvalue weighted by molar-refractivity contribution is 5.88. The molecule has 0 radical (unpaired) electrons. The summed E-state index contributed by atoms with van der Waals surface area (Å²) < 4.78 is 1.88. The number of hydrogen-bond donors (Lipinski definition) is 1. The number of fused-ring (bicyclic) bond motifs is 1. The third-order valence-corrected chi connectivity index (χ3v) is 3.57. The number of rotatable bonds is 3. The highest BCUT2D eigenvalue weighted by atomic mass is 16.4. The van der Waals surface area contributed by atoms with Gasteiger partial charge in [-0.05, 0) is 30.3 Å².